The van der Waals surface area contributed by atoms with Gasteiger partial charge in [-0.2, -0.15) is 0 Å². The van der Waals surface area contributed by atoms with E-state index in [1.54, 1.807) is 13.0 Å². The monoisotopic (exact) mass is 354 g/mol. The number of hydrogen-bond acceptors (Lipinski definition) is 3. The van der Waals surface area contributed by atoms with Gasteiger partial charge >= 0.3 is 5.97 Å². The Hall–Kier alpha value is -2.30. The molecule has 4 rings (SSSR count). The topological polar surface area (TPSA) is 71.2 Å². The third-order valence-corrected chi connectivity index (χ3v) is 5.69. The van der Waals surface area contributed by atoms with E-state index in [-0.39, 0.29) is 11.9 Å². The van der Waals surface area contributed by atoms with Crippen LogP contribution < -0.4 is 5.32 Å². The molecule has 1 saturated carbocycles. The summed E-state index contributed by atoms with van der Waals surface area (Å²) in [5, 5.41) is 4.09. The second kappa shape index (κ2) is 7.14. The fourth-order valence-corrected chi connectivity index (χ4v) is 4.20. The molecular weight excluding hydrogens is 328 g/mol. The van der Waals surface area contributed by atoms with Crippen molar-refractivity contribution in [3.05, 3.63) is 35.0 Å². The summed E-state index contributed by atoms with van der Waals surface area (Å²) in [5.41, 5.74) is 4.19. The van der Waals surface area contributed by atoms with E-state index in [2.05, 4.69) is 10.3 Å². The molecule has 1 heterocycles. The van der Waals surface area contributed by atoms with Crippen LogP contribution in [0.3, 0.4) is 0 Å². The first-order valence-corrected chi connectivity index (χ1v) is 9.76. The average molecular weight is 354 g/mol. The van der Waals surface area contributed by atoms with Crippen LogP contribution in [-0.2, 0) is 22.4 Å². The maximum absolute atomic E-state index is 12.5. The van der Waals surface area contributed by atoms with Crippen molar-refractivity contribution in [1.82, 2.24) is 10.3 Å². The van der Waals surface area contributed by atoms with Gasteiger partial charge < -0.3 is 15.0 Å². The Morgan fingerprint density at radius 3 is 2.73 bits per heavy atom. The predicted molar refractivity (Wildman–Crippen MR) is 100 cm³/mol. The lowest BCUT2D eigenvalue weighted by Crippen LogP contribution is -2.40. The van der Waals surface area contributed by atoms with Crippen molar-refractivity contribution in [2.75, 3.05) is 0 Å². The maximum atomic E-state index is 12.5. The number of fused-ring (bicyclic) bond motifs is 3. The van der Waals surface area contributed by atoms with Crippen molar-refractivity contribution < 1.29 is 14.3 Å². The zero-order chi connectivity index (χ0) is 18.1. The van der Waals surface area contributed by atoms with Crippen LogP contribution in [-0.4, -0.2) is 29.0 Å². The molecule has 1 aromatic carbocycles. The Kier molecular flexibility index (Phi) is 4.70. The molecule has 0 aliphatic heterocycles. The lowest BCUT2D eigenvalue weighted by Gasteiger charge is -2.17. The van der Waals surface area contributed by atoms with Crippen molar-refractivity contribution >= 4 is 22.8 Å². The Morgan fingerprint density at radius 2 is 1.92 bits per heavy atom. The molecule has 26 heavy (non-hydrogen) atoms. The highest BCUT2D eigenvalue weighted by Crippen LogP contribution is 2.30. The second-order valence-corrected chi connectivity index (χ2v) is 7.59. The van der Waals surface area contributed by atoms with Crippen molar-refractivity contribution in [2.45, 2.75) is 70.4 Å². The highest BCUT2D eigenvalue weighted by molar-refractivity contribution is 5.97. The van der Waals surface area contributed by atoms with Crippen LogP contribution in [0.5, 0.6) is 0 Å². The van der Waals surface area contributed by atoms with Crippen LogP contribution in [0.25, 0.3) is 10.9 Å². The van der Waals surface area contributed by atoms with Crippen LogP contribution in [0.1, 0.15) is 67.1 Å². The van der Waals surface area contributed by atoms with Gasteiger partial charge in [-0.25, -0.2) is 4.79 Å². The van der Waals surface area contributed by atoms with Gasteiger partial charge in [-0.15, -0.1) is 0 Å². The second-order valence-electron chi connectivity index (χ2n) is 7.59. The fraction of sp³-hybridized carbons (Fsp3) is 0.524. The third-order valence-electron chi connectivity index (χ3n) is 5.69. The van der Waals surface area contributed by atoms with Crippen LogP contribution in [0, 0.1) is 0 Å². The summed E-state index contributed by atoms with van der Waals surface area (Å²) in [5.74, 6) is -0.642. The first-order chi connectivity index (χ1) is 12.6. The van der Waals surface area contributed by atoms with E-state index in [1.165, 1.54) is 24.1 Å². The molecule has 1 fully saturated rings. The number of aromatic amines is 1. The number of carbonyl (C=O) groups excluding carboxylic acids is 2. The molecule has 1 amide bonds. The number of amides is 1. The van der Waals surface area contributed by atoms with E-state index in [0.29, 0.717) is 5.56 Å². The normalized spacial score (nSPS) is 18.5. The molecule has 2 N–H and O–H groups in total. The van der Waals surface area contributed by atoms with E-state index >= 15 is 0 Å². The molecule has 1 aromatic heterocycles. The summed E-state index contributed by atoms with van der Waals surface area (Å²) < 4.78 is 5.42. The highest BCUT2D eigenvalue weighted by atomic mass is 16.5. The van der Waals surface area contributed by atoms with Crippen molar-refractivity contribution in [2.24, 2.45) is 0 Å². The molecule has 2 aliphatic carbocycles. The highest BCUT2D eigenvalue weighted by Gasteiger charge is 2.24. The van der Waals surface area contributed by atoms with Gasteiger partial charge in [-0.1, -0.05) is 12.8 Å². The number of ether oxygens (including phenoxy) is 1. The standard InChI is InChI=1S/C21H26N2O3/c1-13(20(24)22-15-6-2-3-7-15)26-21(25)14-10-11-19-17(12-14)16-8-4-5-9-18(16)23-19/h10-13,15,23H,2-9H2,1H3,(H,22,24). The predicted octanol–water partition coefficient (Wildman–Crippen LogP) is 3.65. The van der Waals surface area contributed by atoms with E-state index in [4.69, 9.17) is 4.74 Å². The molecule has 5 heteroatoms. The number of carbonyl (C=O) groups is 2. The number of nitrogens with one attached hydrogen (secondary N) is 2. The number of H-pyrrole nitrogens is 1. The van der Waals surface area contributed by atoms with Crippen LogP contribution in [0.2, 0.25) is 0 Å². The van der Waals surface area contributed by atoms with E-state index in [9.17, 15) is 9.59 Å². The van der Waals surface area contributed by atoms with Gasteiger partial charge in [0.2, 0.25) is 0 Å². The fourth-order valence-electron chi connectivity index (χ4n) is 4.20. The van der Waals surface area contributed by atoms with Gasteiger partial charge in [0.15, 0.2) is 6.10 Å². The van der Waals surface area contributed by atoms with Crippen molar-refractivity contribution in [3.8, 4) is 0 Å². The minimum Gasteiger partial charge on any atom is -0.449 e. The quantitative estimate of drug-likeness (QED) is 0.823. The molecule has 1 unspecified atom stereocenters. The third kappa shape index (κ3) is 3.35. The minimum absolute atomic E-state index is 0.203. The Labute approximate surface area is 153 Å². The minimum atomic E-state index is -0.779. The van der Waals surface area contributed by atoms with Gasteiger partial charge in [-0.05, 0) is 69.2 Å². The number of aryl methyl sites for hydroxylation is 2. The summed E-state index contributed by atoms with van der Waals surface area (Å²) >= 11 is 0. The van der Waals surface area contributed by atoms with Gasteiger partial charge in [0.05, 0.1) is 5.56 Å². The molecule has 5 nitrogen and oxygen atoms in total. The average Bonchev–Trinajstić information content (AvgIpc) is 3.28. The van der Waals surface area contributed by atoms with Crippen molar-refractivity contribution in [1.29, 1.82) is 0 Å². The van der Waals surface area contributed by atoms with E-state index in [1.807, 2.05) is 12.1 Å². The Bertz CT molecular complexity index is 833. The van der Waals surface area contributed by atoms with E-state index < -0.39 is 12.1 Å². The zero-order valence-corrected chi connectivity index (χ0v) is 15.3. The summed E-state index contributed by atoms with van der Waals surface area (Å²) in [4.78, 5) is 28.2. The number of aromatic nitrogens is 1. The smallest absolute Gasteiger partial charge is 0.338 e. The summed E-state index contributed by atoms with van der Waals surface area (Å²) in [6, 6.07) is 5.84. The molecule has 0 spiro atoms. The summed E-state index contributed by atoms with van der Waals surface area (Å²) in [7, 11) is 0. The Balaban J connectivity index is 1.46. The molecule has 2 aliphatic rings. The van der Waals surface area contributed by atoms with Gasteiger partial charge in [-0.3, -0.25) is 4.79 Å². The van der Waals surface area contributed by atoms with Gasteiger partial charge in [0, 0.05) is 22.6 Å². The van der Waals surface area contributed by atoms with Crippen LogP contribution in [0.15, 0.2) is 18.2 Å². The molecule has 0 bridgehead atoms. The summed E-state index contributed by atoms with van der Waals surface area (Å²) in [6.07, 6.45) is 8.08. The van der Waals surface area contributed by atoms with Crippen LogP contribution >= 0.6 is 0 Å². The van der Waals surface area contributed by atoms with Crippen molar-refractivity contribution in [3.63, 3.8) is 0 Å². The zero-order valence-electron chi connectivity index (χ0n) is 15.3. The molecule has 0 saturated heterocycles. The maximum Gasteiger partial charge on any atom is 0.338 e. The molecule has 138 valence electrons. The van der Waals surface area contributed by atoms with E-state index in [0.717, 1.165) is 49.4 Å². The van der Waals surface area contributed by atoms with Crippen LogP contribution in [0.4, 0.5) is 0 Å². The Morgan fingerprint density at radius 1 is 1.15 bits per heavy atom. The first-order valence-electron chi connectivity index (χ1n) is 9.76. The largest absolute Gasteiger partial charge is 0.449 e. The lowest BCUT2D eigenvalue weighted by atomic mass is 9.95. The van der Waals surface area contributed by atoms with Gasteiger partial charge in [0.1, 0.15) is 0 Å². The SMILES string of the molecule is CC(OC(=O)c1ccc2[nH]c3c(c2c1)CCCC3)C(=O)NC1CCCC1. The summed E-state index contributed by atoms with van der Waals surface area (Å²) in [6.45, 7) is 1.64. The number of hydrogen-bond donors (Lipinski definition) is 2. The molecule has 2 aromatic rings. The number of benzene rings is 1. The lowest BCUT2D eigenvalue weighted by molar-refractivity contribution is -0.129. The first kappa shape index (κ1) is 17.1. The molecule has 1 atom stereocenters. The number of esters is 1. The molecule has 0 radical (unpaired) electrons. The number of rotatable bonds is 4. The molecular formula is C21H26N2O3. The van der Waals surface area contributed by atoms with Gasteiger partial charge in [0.25, 0.3) is 5.91 Å².